The Morgan fingerprint density at radius 1 is 1.43 bits per heavy atom. The van der Waals surface area contributed by atoms with Crippen molar-refractivity contribution in [3.05, 3.63) is 0 Å². The van der Waals surface area contributed by atoms with Crippen LogP contribution in [0.4, 0.5) is 0 Å². The molecule has 0 aliphatic heterocycles. The highest BCUT2D eigenvalue weighted by Gasteiger charge is 2.23. The van der Waals surface area contributed by atoms with Crippen LogP contribution in [0.25, 0.3) is 0 Å². The fourth-order valence-corrected chi connectivity index (χ4v) is 0.679. The maximum Gasteiger partial charge on any atom is 0.128 e. The summed E-state index contributed by atoms with van der Waals surface area (Å²) >= 11 is 0. The normalized spacial score (nSPS) is 16.4. The van der Waals surface area contributed by atoms with Crippen LogP contribution in [0.2, 0.25) is 0 Å². The Morgan fingerprint density at radius 3 is 2.36 bits per heavy atom. The predicted octanol–water partition coefficient (Wildman–Crippen LogP) is 0.0439. The molecule has 5 nitrogen and oxygen atoms in total. The van der Waals surface area contributed by atoms with Crippen LogP contribution in [-0.4, -0.2) is 40.9 Å². The molecule has 0 amide bonds. The van der Waals surface area contributed by atoms with Crippen molar-refractivity contribution in [1.82, 2.24) is 0 Å². The second-order valence-corrected chi connectivity index (χ2v) is 3.98. The van der Waals surface area contributed by atoms with Gasteiger partial charge in [-0.05, 0) is 20.8 Å². The van der Waals surface area contributed by atoms with E-state index in [1.54, 1.807) is 20.8 Å². The first-order valence-electron chi connectivity index (χ1n) is 4.47. The zero-order valence-corrected chi connectivity index (χ0v) is 8.77. The second kappa shape index (κ2) is 6.08. The minimum Gasteiger partial charge on any atom is -0.394 e. The monoisotopic (exact) mass is 206 g/mol. The Balaban J connectivity index is 4.03. The predicted molar refractivity (Wildman–Crippen MR) is 49.5 cm³/mol. The molecular formula is C9H18O5. The fraction of sp³-hybridized carbons (Fsp3) is 0.889. The van der Waals surface area contributed by atoms with E-state index in [0.29, 0.717) is 6.29 Å². The molecule has 0 aromatic heterocycles. The van der Waals surface area contributed by atoms with Gasteiger partial charge in [-0.2, -0.15) is 0 Å². The molecule has 0 heterocycles. The van der Waals surface area contributed by atoms with E-state index in [1.807, 2.05) is 0 Å². The van der Waals surface area contributed by atoms with E-state index in [-0.39, 0.29) is 6.42 Å². The average Bonchev–Trinajstić information content (AvgIpc) is 2.09. The minimum absolute atomic E-state index is 0.0161. The number of hydrogen-bond donors (Lipinski definition) is 2. The maximum atomic E-state index is 10.2. The molecule has 0 spiro atoms. The summed E-state index contributed by atoms with van der Waals surface area (Å²) in [5.74, 6) is 0. The summed E-state index contributed by atoms with van der Waals surface area (Å²) in [4.78, 5) is 20.0. The number of aldehydes is 1. The number of carbonyl (C=O) groups is 1. The molecule has 0 aromatic carbocycles. The quantitative estimate of drug-likeness (QED) is 0.364. The lowest BCUT2D eigenvalue weighted by atomic mass is 10.1. The Hall–Kier alpha value is -0.490. The summed E-state index contributed by atoms with van der Waals surface area (Å²) in [6, 6.07) is 0. The van der Waals surface area contributed by atoms with Gasteiger partial charge in [-0.25, -0.2) is 9.78 Å². The van der Waals surface area contributed by atoms with Crippen LogP contribution in [0.3, 0.4) is 0 Å². The number of rotatable bonds is 6. The van der Waals surface area contributed by atoms with Gasteiger partial charge in [-0.1, -0.05) is 0 Å². The molecule has 2 N–H and O–H groups in total. The van der Waals surface area contributed by atoms with E-state index in [4.69, 9.17) is 14.9 Å². The van der Waals surface area contributed by atoms with Gasteiger partial charge in [0.15, 0.2) is 0 Å². The average molecular weight is 206 g/mol. The van der Waals surface area contributed by atoms with E-state index in [2.05, 4.69) is 0 Å². The van der Waals surface area contributed by atoms with Crippen LogP contribution in [0.5, 0.6) is 0 Å². The van der Waals surface area contributed by atoms with Gasteiger partial charge in [-0.15, -0.1) is 0 Å². The zero-order valence-electron chi connectivity index (χ0n) is 8.77. The summed E-state index contributed by atoms with van der Waals surface area (Å²) in [5, 5.41) is 17.9. The third-order valence-corrected chi connectivity index (χ3v) is 1.37. The van der Waals surface area contributed by atoms with Crippen LogP contribution in [0.15, 0.2) is 0 Å². The summed E-state index contributed by atoms with van der Waals surface area (Å²) in [6.07, 6.45) is -1.34. The SMILES string of the molecule is CC(C)(C)OO[C@H](CC=O)[C@@H](O)CO. The van der Waals surface area contributed by atoms with Crippen LogP contribution in [-0.2, 0) is 14.6 Å². The van der Waals surface area contributed by atoms with Gasteiger partial charge in [-0.3, -0.25) is 0 Å². The Kier molecular flexibility index (Phi) is 5.87. The molecule has 0 aliphatic rings. The van der Waals surface area contributed by atoms with Gasteiger partial charge in [0, 0.05) is 6.42 Å². The topological polar surface area (TPSA) is 76.0 Å². The Labute approximate surface area is 83.6 Å². The van der Waals surface area contributed by atoms with Crippen LogP contribution in [0.1, 0.15) is 27.2 Å². The summed E-state index contributed by atoms with van der Waals surface area (Å²) < 4.78 is 0. The number of hydrogen-bond acceptors (Lipinski definition) is 5. The molecule has 0 aromatic rings. The molecule has 0 saturated carbocycles. The van der Waals surface area contributed by atoms with Crippen molar-refractivity contribution in [1.29, 1.82) is 0 Å². The van der Waals surface area contributed by atoms with E-state index < -0.39 is 24.4 Å². The van der Waals surface area contributed by atoms with Gasteiger partial charge < -0.3 is 15.0 Å². The van der Waals surface area contributed by atoms with E-state index in [9.17, 15) is 9.90 Å². The highest BCUT2D eigenvalue weighted by Crippen LogP contribution is 2.12. The highest BCUT2D eigenvalue weighted by atomic mass is 17.2. The maximum absolute atomic E-state index is 10.2. The van der Waals surface area contributed by atoms with Gasteiger partial charge in [0.05, 0.1) is 12.2 Å². The first-order chi connectivity index (χ1) is 6.40. The Morgan fingerprint density at radius 2 is 2.00 bits per heavy atom. The standard InChI is InChI=1S/C9H18O5/c1-9(2,3)14-13-8(4-5-10)7(12)6-11/h5,7-8,11-12H,4,6H2,1-3H3/t7-,8+/m0/s1. The van der Waals surface area contributed by atoms with E-state index in [1.165, 1.54) is 0 Å². The number of carbonyl (C=O) groups excluding carboxylic acids is 1. The molecule has 5 heteroatoms. The Bertz CT molecular complexity index is 163. The molecule has 0 radical (unpaired) electrons. The summed E-state index contributed by atoms with van der Waals surface area (Å²) in [5.41, 5.74) is -0.518. The molecule has 84 valence electrons. The molecule has 0 bridgehead atoms. The van der Waals surface area contributed by atoms with Crippen molar-refractivity contribution in [2.75, 3.05) is 6.61 Å². The first kappa shape index (κ1) is 13.5. The lowest BCUT2D eigenvalue weighted by Crippen LogP contribution is -2.35. The third kappa shape index (κ3) is 6.04. The van der Waals surface area contributed by atoms with Crippen molar-refractivity contribution in [2.45, 2.75) is 45.0 Å². The molecule has 0 fully saturated rings. The van der Waals surface area contributed by atoms with Gasteiger partial charge in [0.2, 0.25) is 0 Å². The summed E-state index contributed by atoms with van der Waals surface area (Å²) in [6.45, 7) is 4.86. The lowest BCUT2D eigenvalue weighted by molar-refractivity contribution is -0.383. The largest absolute Gasteiger partial charge is 0.394 e. The smallest absolute Gasteiger partial charge is 0.128 e. The minimum atomic E-state index is -1.11. The molecule has 2 atom stereocenters. The van der Waals surface area contributed by atoms with Gasteiger partial charge in [0.25, 0.3) is 0 Å². The van der Waals surface area contributed by atoms with Crippen molar-refractivity contribution in [2.24, 2.45) is 0 Å². The van der Waals surface area contributed by atoms with Crippen molar-refractivity contribution >= 4 is 6.29 Å². The van der Waals surface area contributed by atoms with Crippen molar-refractivity contribution in [3.8, 4) is 0 Å². The fourth-order valence-electron chi connectivity index (χ4n) is 0.679. The van der Waals surface area contributed by atoms with Crippen LogP contribution in [0, 0.1) is 0 Å². The summed E-state index contributed by atoms with van der Waals surface area (Å²) in [7, 11) is 0. The molecule has 0 unspecified atom stereocenters. The van der Waals surface area contributed by atoms with E-state index in [0.717, 1.165) is 0 Å². The number of aliphatic hydroxyl groups is 2. The van der Waals surface area contributed by atoms with Gasteiger partial charge in [0.1, 0.15) is 18.5 Å². The van der Waals surface area contributed by atoms with Crippen molar-refractivity contribution in [3.63, 3.8) is 0 Å². The van der Waals surface area contributed by atoms with Crippen LogP contribution < -0.4 is 0 Å². The second-order valence-electron chi connectivity index (χ2n) is 3.98. The molecule has 0 saturated heterocycles. The van der Waals surface area contributed by atoms with Crippen molar-refractivity contribution < 1.29 is 24.8 Å². The first-order valence-corrected chi connectivity index (χ1v) is 4.47. The number of aliphatic hydroxyl groups excluding tert-OH is 2. The van der Waals surface area contributed by atoms with Gasteiger partial charge >= 0.3 is 0 Å². The van der Waals surface area contributed by atoms with Crippen LogP contribution >= 0.6 is 0 Å². The lowest BCUT2D eigenvalue weighted by Gasteiger charge is -2.24. The molecule has 0 rings (SSSR count). The van der Waals surface area contributed by atoms with E-state index >= 15 is 0 Å². The molecule has 14 heavy (non-hydrogen) atoms. The highest BCUT2D eigenvalue weighted by molar-refractivity contribution is 5.50. The molecular weight excluding hydrogens is 188 g/mol. The molecule has 0 aliphatic carbocycles. The third-order valence-electron chi connectivity index (χ3n) is 1.37. The zero-order chi connectivity index (χ0) is 11.2.